The van der Waals surface area contributed by atoms with Crippen LogP contribution < -0.4 is 10.0 Å². The van der Waals surface area contributed by atoms with Crippen molar-refractivity contribution in [3.63, 3.8) is 0 Å². The molecule has 0 aliphatic heterocycles. The molecule has 7 heteroatoms. The molecular formula is C15H21N3O3S. The summed E-state index contributed by atoms with van der Waals surface area (Å²) in [6, 6.07) is 6.59. The smallest absolute Gasteiger partial charge is 0.240 e. The van der Waals surface area contributed by atoms with Crippen LogP contribution in [0.1, 0.15) is 19.2 Å². The summed E-state index contributed by atoms with van der Waals surface area (Å²) >= 11 is 0. The fourth-order valence-electron chi connectivity index (χ4n) is 1.96. The summed E-state index contributed by atoms with van der Waals surface area (Å²) in [5.74, 6) is 0.577. The molecule has 0 unspecified atom stereocenters. The lowest BCUT2D eigenvalue weighted by atomic mass is 10.2. The molecule has 120 valence electrons. The third-order valence-electron chi connectivity index (χ3n) is 3.10. The highest BCUT2D eigenvalue weighted by Crippen LogP contribution is 2.20. The number of benzene rings is 1. The molecule has 2 N–H and O–H groups in total. The molecule has 0 fully saturated rings. The standard InChI is InChI=1S/C15H21N3O3S/c1-3-8-16-9-10-17-22(19,20)14-6-4-13(5-7-14)15-11-21-12(2)18-15/h4-7,11,16-17H,3,8-10H2,1-2H3. The van der Waals surface area contributed by atoms with Crippen molar-refractivity contribution >= 4 is 10.0 Å². The van der Waals surface area contributed by atoms with Crippen LogP contribution in [0.25, 0.3) is 11.3 Å². The highest BCUT2D eigenvalue weighted by molar-refractivity contribution is 7.89. The van der Waals surface area contributed by atoms with E-state index in [0.717, 1.165) is 18.5 Å². The minimum absolute atomic E-state index is 0.243. The zero-order valence-corrected chi connectivity index (χ0v) is 13.6. The van der Waals surface area contributed by atoms with Crippen LogP contribution in [0.4, 0.5) is 0 Å². The molecule has 0 spiro atoms. The molecule has 1 aromatic heterocycles. The summed E-state index contributed by atoms with van der Waals surface area (Å²) in [5, 5.41) is 3.15. The van der Waals surface area contributed by atoms with E-state index in [0.29, 0.717) is 24.7 Å². The summed E-state index contributed by atoms with van der Waals surface area (Å²) in [7, 11) is -3.48. The van der Waals surface area contributed by atoms with Gasteiger partial charge in [-0.15, -0.1) is 0 Å². The molecule has 0 saturated carbocycles. The average molecular weight is 323 g/mol. The van der Waals surface area contributed by atoms with Crippen molar-refractivity contribution in [1.82, 2.24) is 15.0 Å². The van der Waals surface area contributed by atoms with Crippen molar-refractivity contribution in [2.75, 3.05) is 19.6 Å². The molecule has 0 bridgehead atoms. The molecular weight excluding hydrogens is 302 g/mol. The number of aromatic nitrogens is 1. The molecule has 0 aliphatic carbocycles. The number of rotatable bonds is 8. The molecule has 2 aromatic rings. The highest BCUT2D eigenvalue weighted by Gasteiger charge is 2.13. The molecule has 0 aliphatic rings. The molecule has 0 atom stereocenters. The third-order valence-corrected chi connectivity index (χ3v) is 4.58. The predicted octanol–water partition coefficient (Wildman–Crippen LogP) is 1.93. The van der Waals surface area contributed by atoms with E-state index in [1.807, 2.05) is 0 Å². The van der Waals surface area contributed by atoms with Crippen LogP contribution >= 0.6 is 0 Å². The van der Waals surface area contributed by atoms with Gasteiger partial charge in [-0.25, -0.2) is 18.1 Å². The average Bonchev–Trinajstić information content (AvgIpc) is 2.94. The number of nitrogens with one attached hydrogen (secondary N) is 2. The Morgan fingerprint density at radius 3 is 2.45 bits per heavy atom. The number of aryl methyl sites for hydroxylation is 1. The van der Waals surface area contributed by atoms with Gasteiger partial charge in [0.1, 0.15) is 12.0 Å². The lowest BCUT2D eigenvalue weighted by molar-refractivity contribution is 0.521. The van der Waals surface area contributed by atoms with Gasteiger partial charge in [-0.2, -0.15) is 0 Å². The SMILES string of the molecule is CCCNCCNS(=O)(=O)c1ccc(-c2coc(C)n2)cc1. The Bertz CT molecular complexity index is 693. The zero-order valence-electron chi connectivity index (χ0n) is 12.8. The lowest BCUT2D eigenvalue weighted by Crippen LogP contribution is -2.32. The lowest BCUT2D eigenvalue weighted by Gasteiger charge is -2.08. The Kier molecular flexibility index (Phi) is 5.70. The summed E-state index contributed by atoms with van der Waals surface area (Å²) in [6.45, 7) is 5.69. The number of hydrogen-bond acceptors (Lipinski definition) is 5. The molecule has 22 heavy (non-hydrogen) atoms. The van der Waals surface area contributed by atoms with Gasteiger partial charge < -0.3 is 9.73 Å². The minimum atomic E-state index is -3.48. The maximum atomic E-state index is 12.1. The van der Waals surface area contributed by atoms with E-state index in [4.69, 9.17) is 4.42 Å². The summed E-state index contributed by atoms with van der Waals surface area (Å²) in [5.41, 5.74) is 1.51. The van der Waals surface area contributed by atoms with Crippen LogP contribution in [0.5, 0.6) is 0 Å². The van der Waals surface area contributed by atoms with Crippen LogP contribution in [0.3, 0.4) is 0 Å². The summed E-state index contributed by atoms with van der Waals surface area (Å²) in [6.07, 6.45) is 2.58. The quantitative estimate of drug-likeness (QED) is 0.725. The van der Waals surface area contributed by atoms with Crippen LogP contribution in [-0.4, -0.2) is 33.0 Å². The number of sulfonamides is 1. The van der Waals surface area contributed by atoms with Crippen LogP contribution in [0, 0.1) is 6.92 Å². The summed E-state index contributed by atoms with van der Waals surface area (Å²) < 4.78 is 32.0. The van der Waals surface area contributed by atoms with E-state index in [1.165, 1.54) is 0 Å². The van der Waals surface area contributed by atoms with Crippen molar-refractivity contribution in [3.05, 3.63) is 36.4 Å². The van der Waals surface area contributed by atoms with Crippen molar-refractivity contribution in [3.8, 4) is 11.3 Å². The fourth-order valence-corrected chi connectivity index (χ4v) is 2.99. The Labute approximate surface area is 131 Å². The van der Waals surface area contributed by atoms with Crippen LogP contribution in [-0.2, 0) is 10.0 Å². The molecule has 1 heterocycles. The fraction of sp³-hybridized carbons (Fsp3) is 0.400. The second kappa shape index (κ2) is 7.53. The molecule has 1 aromatic carbocycles. The second-order valence-corrected chi connectivity index (χ2v) is 6.69. The van der Waals surface area contributed by atoms with E-state index < -0.39 is 10.0 Å². The van der Waals surface area contributed by atoms with Gasteiger partial charge in [-0.1, -0.05) is 19.1 Å². The molecule has 0 radical (unpaired) electrons. The Morgan fingerprint density at radius 2 is 1.86 bits per heavy atom. The van der Waals surface area contributed by atoms with E-state index in [1.54, 1.807) is 37.5 Å². The monoisotopic (exact) mass is 323 g/mol. The normalized spacial score (nSPS) is 11.7. The first-order valence-electron chi connectivity index (χ1n) is 7.26. The molecule has 0 amide bonds. The number of oxazole rings is 1. The first-order chi connectivity index (χ1) is 10.5. The Morgan fingerprint density at radius 1 is 1.14 bits per heavy atom. The Balaban J connectivity index is 1.99. The third kappa shape index (κ3) is 4.40. The van der Waals surface area contributed by atoms with Gasteiger partial charge in [-0.3, -0.25) is 0 Å². The van der Waals surface area contributed by atoms with E-state index in [9.17, 15) is 8.42 Å². The van der Waals surface area contributed by atoms with Gasteiger partial charge in [0.05, 0.1) is 4.90 Å². The molecule has 6 nitrogen and oxygen atoms in total. The zero-order chi connectivity index (χ0) is 16.0. The van der Waals surface area contributed by atoms with Crippen molar-refractivity contribution in [2.24, 2.45) is 0 Å². The van der Waals surface area contributed by atoms with Crippen LogP contribution in [0.2, 0.25) is 0 Å². The second-order valence-electron chi connectivity index (χ2n) is 4.92. The van der Waals surface area contributed by atoms with Gasteiger partial charge in [0.2, 0.25) is 10.0 Å². The van der Waals surface area contributed by atoms with Gasteiger partial charge in [0.25, 0.3) is 0 Å². The van der Waals surface area contributed by atoms with Gasteiger partial charge >= 0.3 is 0 Å². The minimum Gasteiger partial charge on any atom is -0.449 e. The van der Waals surface area contributed by atoms with Gasteiger partial charge in [0.15, 0.2) is 5.89 Å². The highest BCUT2D eigenvalue weighted by atomic mass is 32.2. The van der Waals surface area contributed by atoms with Gasteiger partial charge in [-0.05, 0) is 25.1 Å². The van der Waals surface area contributed by atoms with Crippen LogP contribution in [0.15, 0.2) is 39.8 Å². The first-order valence-corrected chi connectivity index (χ1v) is 8.74. The predicted molar refractivity (Wildman–Crippen MR) is 85.0 cm³/mol. The Hall–Kier alpha value is -1.70. The van der Waals surface area contributed by atoms with E-state index in [2.05, 4.69) is 21.9 Å². The van der Waals surface area contributed by atoms with Crippen molar-refractivity contribution in [2.45, 2.75) is 25.2 Å². The first kappa shape index (κ1) is 16.7. The van der Waals surface area contributed by atoms with Crippen molar-refractivity contribution in [1.29, 1.82) is 0 Å². The van der Waals surface area contributed by atoms with E-state index >= 15 is 0 Å². The van der Waals surface area contributed by atoms with E-state index in [-0.39, 0.29) is 4.90 Å². The number of hydrogen-bond donors (Lipinski definition) is 2. The van der Waals surface area contributed by atoms with Crippen molar-refractivity contribution < 1.29 is 12.8 Å². The molecule has 2 rings (SSSR count). The largest absolute Gasteiger partial charge is 0.449 e. The van der Waals surface area contributed by atoms with Gasteiger partial charge in [0, 0.05) is 25.6 Å². The molecule has 0 saturated heterocycles. The topological polar surface area (TPSA) is 84.2 Å². The number of nitrogens with zero attached hydrogens (tertiary/aromatic N) is 1. The maximum Gasteiger partial charge on any atom is 0.240 e. The summed E-state index contributed by atoms with van der Waals surface area (Å²) in [4.78, 5) is 4.45. The maximum absolute atomic E-state index is 12.1.